The highest BCUT2D eigenvalue weighted by atomic mass is 16.5. The van der Waals surface area contributed by atoms with Crippen LogP contribution in [0.2, 0.25) is 0 Å². The summed E-state index contributed by atoms with van der Waals surface area (Å²) in [6.45, 7) is 4.05. The van der Waals surface area contributed by atoms with Gasteiger partial charge in [-0.05, 0) is 96.0 Å². The number of esters is 1. The van der Waals surface area contributed by atoms with Crippen LogP contribution in [0.4, 0.5) is 0 Å². The van der Waals surface area contributed by atoms with Gasteiger partial charge in [-0.25, -0.2) is 0 Å². The maximum Gasteiger partial charge on any atom is 0.322 e. The van der Waals surface area contributed by atoms with Gasteiger partial charge in [0.05, 0.1) is 0 Å². The molecule has 6 heteroatoms. The Balaban J connectivity index is 4.24. The molecule has 2 N–H and O–H groups in total. The fourth-order valence-electron chi connectivity index (χ4n) is 5.14. The molecular weight excluding hydrogens is 622 g/mol. The maximum atomic E-state index is 12.7. The molecule has 6 nitrogen and oxygen atoms in total. The number of ether oxygens (including phenoxy) is 1. The van der Waals surface area contributed by atoms with Crippen molar-refractivity contribution < 1.29 is 24.2 Å². The van der Waals surface area contributed by atoms with E-state index in [9.17, 15) is 14.4 Å². The average molecular weight is 694 g/mol. The molecule has 0 bridgehead atoms. The van der Waals surface area contributed by atoms with Crippen molar-refractivity contribution in [2.75, 3.05) is 6.54 Å². The Morgan fingerprint density at radius 3 is 1.62 bits per heavy atom. The van der Waals surface area contributed by atoms with Crippen LogP contribution in [0.3, 0.4) is 0 Å². The molecule has 0 aromatic heterocycles. The second-order valence-corrected chi connectivity index (χ2v) is 12.8. The van der Waals surface area contributed by atoms with E-state index in [0.29, 0.717) is 12.8 Å². The van der Waals surface area contributed by atoms with E-state index in [-0.39, 0.29) is 24.5 Å². The van der Waals surface area contributed by atoms with Crippen molar-refractivity contribution in [1.29, 1.82) is 0 Å². The molecule has 1 amide bonds. The lowest BCUT2D eigenvalue weighted by atomic mass is 10.1. The summed E-state index contributed by atoms with van der Waals surface area (Å²) in [4.78, 5) is 34.8. The number of nitrogens with one attached hydrogen (secondary N) is 1. The SMILES string of the molecule is CC/C=C\C/C=C\C/C=C\C/C=C\C/C=C\CCCCCC(=O)OC(/C=C\C/C=C\CCCCC)CCCCCCCCC(=O)NCC(=O)O. The minimum absolute atomic E-state index is 0.106. The van der Waals surface area contributed by atoms with E-state index < -0.39 is 5.97 Å². The maximum absolute atomic E-state index is 12.7. The van der Waals surface area contributed by atoms with Crippen LogP contribution in [0.5, 0.6) is 0 Å². The summed E-state index contributed by atoms with van der Waals surface area (Å²) in [5.74, 6) is -1.33. The molecule has 0 aromatic rings. The highest BCUT2D eigenvalue weighted by Gasteiger charge is 2.11. The van der Waals surface area contributed by atoms with Crippen molar-refractivity contribution in [2.45, 2.75) is 168 Å². The van der Waals surface area contributed by atoms with Crippen molar-refractivity contribution >= 4 is 17.8 Å². The van der Waals surface area contributed by atoms with Gasteiger partial charge in [-0.2, -0.15) is 0 Å². The molecule has 50 heavy (non-hydrogen) atoms. The first-order valence-corrected chi connectivity index (χ1v) is 19.7. The fourth-order valence-corrected chi connectivity index (χ4v) is 5.14. The lowest BCUT2D eigenvalue weighted by molar-refractivity contribution is -0.147. The van der Waals surface area contributed by atoms with Gasteiger partial charge in [0.1, 0.15) is 12.6 Å². The Hall–Kier alpha value is -3.41. The van der Waals surface area contributed by atoms with E-state index >= 15 is 0 Å². The number of carbonyl (C=O) groups excluding carboxylic acids is 2. The Labute approximate surface area is 306 Å². The molecule has 0 spiro atoms. The van der Waals surface area contributed by atoms with Crippen LogP contribution in [0.15, 0.2) is 85.1 Å². The number of allylic oxidation sites excluding steroid dienone is 13. The van der Waals surface area contributed by atoms with Crippen LogP contribution >= 0.6 is 0 Å². The number of amides is 1. The number of carboxylic acids is 1. The Morgan fingerprint density at radius 1 is 0.560 bits per heavy atom. The molecule has 0 fully saturated rings. The average Bonchev–Trinajstić information content (AvgIpc) is 3.10. The predicted molar refractivity (Wildman–Crippen MR) is 212 cm³/mol. The van der Waals surface area contributed by atoms with Gasteiger partial charge in [0.25, 0.3) is 0 Å². The summed E-state index contributed by atoms with van der Waals surface area (Å²) in [5, 5.41) is 11.0. The van der Waals surface area contributed by atoms with Crippen LogP contribution < -0.4 is 5.32 Å². The molecule has 0 saturated carbocycles. The third-order valence-electron chi connectivity index (χ3n) is 8.04. The molecule has 1 atom stereocenters. The first-order valence-electron chi connectivity index (χ1n) is 19.7. The van der Waals surface area contributed by atoms with E-state index in [2.05, 4.69) is 104 Å². The lowest BCUT2D eigenvalue weighted by Crippen LogP contribution is -2.28. The number of unbranched alkanes of at least 4 members (excludes halogenated alkanes) is 11. The summed E-state index contributed by atoms with van der Waals surface area (Å²) < 4.78 is 5.89. The Morgan fingerprint density at radius 2 is 1.04 bits per heavy atom. The second kappa shape index (κ2) is 38.4. The largest absolute Gasteiger partial charge is 0.480 e. The highest BCUT2D eigenvalue weighted by Crippen LogP contribution is 2.15. The summed E-state index contributed by atoms with van der Waals surface area (Å²) in [7, 11) is 0. The highest BCUT2D eigenvalue weighted by molar-refractivity contribution is 5.80. The molecule has 0 aromatic carbocycles. The molecule has 0 rings (SSSR count). The van der Waals surface area contributed by atoms with Crippen LogP contribution in [0.25, 0.3) is 0 Å². The minimum Gasteiger partial charge on any atom is -0.480 e. The van der Waals surface area contributed by atoms with E-state index in [0.717, 1.165) is 116 Å². The first kappa shape index (κ1) is 46.6. The zero-order valence-corrected chi connectivity index (χ0v) is 31.7. The van der Waals surface area contributed by atoms with Gasteiger partial charge in [0.2, 0.25) is 5.91 Å². The zero-order valence-electron chi connectivity index (χ0n) is 31.7. The van der Waals surface area contributed by atoms with Crippen molar-refractivity contribution in [3.05, 3.63) is 85.1 Å². The Bertz CT molecular complexity index is 1030. The number of aliphatic carboxylic acids is 1. The summed E-state index contributed by atoms with van der Waals surface area (Å²) in [6.07, 6.45) is 52.9. The number of hydrogen-bond donors (Lipinski definition) is 2. The third-order valence-corrected chi connectivity index (χ3v) is 8.04. The number of carboxylic acid groups (broad SMARTS) is 1. The van der Waals surface area contributed by atoms with Crippen molar-refractivity contribution in [3.8, 4) is 0 Å². The standard InChI is InChI=1S/C44H71NO5/c1-3-5-7-9-11-13-14-15-16-17-18-19-20-21-22-23-25-31-35-39-44(49)50-41(36-32-28-24-12-10-8-6-4-2)37-33-29-26-27-30-34-38-42(46)45-40-43(47)48/h5,7,11-13,15-16,18-19,21-22,24,32,36,41H,3-4,6,8-10,14,17,20,23,25-31,33-35,37-40H2,1-2H3,(H,45,46)(H,47,48)/b7-5-,13-11-,16-15-,19-18-,22-21-,24-12-,36-32-. The smallest absolute Gasteiger partial charge is 0.322 e. The molecule has 1 unspecified atom stereocenters. The van der Waals surface area contributed by atoms with Crippen LogP contribution in [0.1, 0.15) is 162 Å². The van der Waals surface area contributed by atoms with Gasteiger partial charge < -0.3 is 15.2 Å². The van der Waals surface area contributed by atoms with E-state index in [1.807, 2.05) is 0 Å². The lowest BCUT2D eigenvalue weighted by Gasteiger charge is -2.14. The minimum atomic E-state index is -1.02. The van der Waals surface area contributed by atoms with E-state index in [1.54, 1.807) is 0 Å². The molecule has 0 saturated heterocycles. The van der Waals surface area contributed by atoms with Gasteiger partial charge in [-0.15, -0.1) is 0 Å². The summed E-state index contributed by atoms with van der Waals surface area (Å²) in [5.41, 5.74) is 0. The van der Waals surface area contributed by atoms with Crippen molar-refractivity contribution in [2.24, 2.45) is 0 Å². The van der Waals surface area contributed by atoms with Gasteiger partial charge in [-0.1, -0.05) is 138 Å². The van der Waals surface area contributed by atoms with Gasteiger partial charge in [0.15, 0.2) is 0 Å². The quantitative estimate of drug-likeness (QED) is 0.0397. The fraction of sp³-hybridized carbons (Fsp3) is 0.614. The zero-order chi connectivity index (χ0) is 36.6. The van der Waals surface area contributed by atoms with E-state index in [4.69, 9.17) is 9.84 Å². The van der Waals surface area contributed by atoms with Crippen LogP contribution in [-0.4, -0.2) is 35.6 Å². The number of hydrogen-bond acceptors (Lipinski definition) is 4. The molecule has 0 radical (unpaired) electrons. The molecular formula is C44H71NO5. The summed E-state index contributed by atoms with van der Waals surface area (Å²) in [6, 6.07) is 0. The van der Waals surface area contributed by atoms with Gasteiger partial charge in [0, 0.05) is 12.8 Å². The Kier molecular flexibility index (Phi) is 35.8. The normalized spacial score (nSPS) is 13.0. The van der Waals surface area contributed by atoms with Crippen LogP contribution in [-0.2, 0) is 19.1 Å². The van der Waals surface area contributed by atoms with Crippen LogP contribution in [0, 0.1) is 0 Å². The molecule has 0 heterocycles. The molecule has 282 valence electrons. The van der Waals surface area contributed by atoms with Crippen molar-refractivity contribution in [3.63, 3.8) is 0 Å². The monoisotopic (exact) mass is 694 g/mol. The molecule has 0 aliphatic rings. The summed E-state index contributed by atoms with van der Waals surface area (Å²) >= 11 is 0. The van der Waals surface area contributed by atoms with E-state index in [1.165, 1.54) is 19.3 Å². The number of carbonyl (C=O) groups is 3. The van der Waals surface area contributed by atoms with Gasteiger partial charge in [-0.3, -0.25) is 14.4 Å². The predicted octanol–water partition coefficient (Wildman–Crippen LogP) is 12.0. The second-order valence-electron chi connectivity index (χ2n) is 12.8. The molecule has 0 aliphatic carbocycles. The third kappa shape index (κ3) is 37.4. The number of rotatable bonds is 34. The molecule has 0 aliphatic heterocycles. The first-order chi connectivity index (χ1) is 24.5. The van der Waals surface area contributed by atoms with Gasteiger partial charge >= 0.3 is 11.9 Å². The van der Waals surface area contributed by atoms with Crippen molar-refractivity contribution in [1.82, 2.24) is 5.32 Å². The topological polar surface area (TPSA) is 92.7 Å².